The molecular formula is C34H32N4O. The third-order valence-corrected chi connectivity index (χ3v) is 7.58. The van der Waals surface area contributed by atoms with E-state index in [9.17, 15) is 4.79 Å². The molecule has 4 aromatic carbocycles. The van der Waals surface area contributed by atoms with Gasteiger partial charge in [-0.15, -0.1) is 0 Å². The Balaban J connectivity index is 1.30. The lowest BCUT2D eigenvalue weighted by molar-refractivity contribution is 0.0748. The SMILES string of the molecule is Cc1cccc(-c2nc(C)c(Cc3ccccc3)c(N3CCN(C(=O)c4cccc5ccccc45)CC3)n2)c1. The highest BCUT2D eigenvalue weighted by molar-refractivity contribution is 6.07. The minimum absolute atomic E-state index is 0.0928. The highest BCUT2D eigenvalue weighted by Crippen LogP contribution is 2.29. The van der Waals surface area contributed by atoms with Gasteiger partial charge in [0.05, 0.1) is 0 Å². The molecule has 0 N–H and O–H groups in total. The van der Waals surface area contributed by atoms with Crippen LogP contribution in [-0.4, -0.2) is 47.0 Å². The van der Waals surface area contributed by atoms with E-state index < -0.39 is 0 Å². The minimum atomic E-state index is 0.0928. The molecule has 39 heavy (non-hydrogen) atoms. The van der Waals surface area contributed by atoms with E-state index in [-0.39, 0.29) is 5.91 Å². The fraction of sp³-hybridized carbons (Fsp3) is 0.206. The van der Waals surface area contributed by atoms with Gasteiger partial charge >= 0.3 is 0 Å². The first-order valence-electron chi connectivity index (χ1n) is 13.6. The second-order valence-corrected chi connectivity index (χ2v) is 10.3. The van der Waals surface area contributed by atoms with Crippen LogP contribution in [-0.2, 0) is 6.42 Å². The topological polar surface area (TPSA) is 49.3 Å². The predicted octanol–water partition coefficient (Wildman–Crippen LogP) is 6.47. The Bertz CT molecular complexity index is 1630. The number of fused-ring (bicyclic) bond motifs is 1. The lowest BCUT2D eigenvalue weighted by atomic mass is 10.0. The van der Waals surface area contributed by atoms with Gasteiger partial charge in [0.15, 0.2) is 5.82 Å². The summed E-state index contributed by atoms with van der Waals surface area (Å²) in [5, 5.41) is 2.10. The van der Waals surface area contributed by atoms with Crippen molar-refractivity contribution in [2.45, 2.75) is 20.3 Å². The van der Waals surface area contributed by atoms with Crippen LogP contribution in [0.5, 0.6) is 0 Å². The molecule has 5 aromatic rings. The number of anilines is 1. The largest absolute Gasteiger partial charge is 0.353 e. The van der Waals surface area contributed by atoms with Crippen molar-refractivity contribution in [3.05, 3.63) is 125 Å². The normalized spacial score (nSPS) is 13.6. The smallest absolute Gasteiger partial charge is 0.254 e. The highest BCUT2D eigenvalue weighted by atomic mass is 16.2. The highest BCUT2D eigenvalue weighted by Gasteiger charge is 2.26. The van der Waals surface area contributed by atoms with E-state index in [4.69, 9.17) is 9.97 Å². The maximum Gasteiger partial charge on any atom is 0.254 e. The van der Waals surface area contributed by atoms with Gasteiger partial charge in [-0.1, -0.05) is 90.5 Å². The molecule has 0 spiro atoms. The Labute approximate surface area is 229 Å². The van der Waals surface area contributed by atoms with Crippen LogP contribution in [0.2, 0.25) is 0 Å². The fourth-order valence-electron chi connectivity index (χ4n) is 5.47. The third kappa shape index (κ3) is 5.13. The van der Waals surface area contributed by atoms with Gasteiger partial charge in [0, 0.05) is 55.0 Å². The molecule has 5 heteroatoms. The molecule has 0 unspecified atom stereocenters. The van der Waals surface area contributed by atoms with Crippen molar-refractivity contribution in [3.63, 3.8) is 0 Å². The van der Waals surface area contributed by atoms with E-state index in [2.05, 4.69) is 79.4 Å². The van der Waals surface area contributed by atoms with E-state index in [0.29, 0.717) is 13.1 Å². The lowest BCUT2D eigenvalue weighted by Crippen LogP contribution is -2.49. The van der Waals surface area contributed by atoms with Crippen LogP contribution in [0.15, 0.2) is 97.1 Å². The molecule has 1 aliphatic rings. The van der Waals surface area contributed by atoms with Crippen molar-refractivity contribution in [1.29, 1.82) is 0 Å². The first-order valence-corrected chi connectivity index (χ1v) is 13.6. The molecular weight excluding hydrogens is 480 g/mol. The average molecular weight is 513 g/mol. The summed E-state index contributed by atoms with van der Waals surface area (Å²) in [6.45, 7) is 6.92. The Morgan fingerprint density at radius 1 is 0.769 bits per heavy atom. The molecule has 2 heterocycles. The average Bonchev–Trinajstić information content (AvgIpc) is 2.98. The number of carbonyl (C=O) groups is 1. The van der Waals surface area contributed by atoms with Gasteiger partial charge in [-0.3, -0.25) is 4.79 Å². The molecule has 1 aliphatic heterocycles. The van der Waals surface area contributed by atoms with Gasteiger partial charge in [0.2, 0.25) is 0 Å². The summed E-state index contributed by atoms with van der Waals surface area (Å²) in [6.07, 6.45) is 0.769. The maximum atomic E-state index is 13.6. The molecule has 194 valence electrons. The van der Waals surface area contributed by atoms with Crippen LogP contribution < -0.4 is 4.90 Å². The molecule has 0 atom stereocenters. The summed E-state index contributed by atoms with van der Waals surface area (Å²) in [6, 6.07) is 32.9. The number of nitrogens with zero attached hydrogens (tertiary/aromatic N) is 4. The molecule has 6 rings (SSSR count). The van der Waals surface area contributed by atoms with Gasteiger partial charge in [0.25, 0.3) is 5.91 Å². The van der Waals surface area contributed by atoms with E-state index in [0.717, 1.165) is 64.3 Å². The zero-order valence-electron chi connectivity index (χ0n) is 22.5. The van der Waals surface area contributed by atoms with Gasteiger partial charge in [-0.25, -0.2) is 9.97 Å². The molecule has 1 aromatic heterocycles. The van der Waals surface area contributed by atoms with Crippen molar-refractivity contribution in [3.8, 4) is 11.4 Å². The summed E-state index contributed by atoms with van der Waals surface area (Å²) in [4.78, 5) is 28.0. The quantitative estimate of drug-likeness (QED) is 0.271. The summed E-state index contributed by atoms with van der Waals surface area (Å²) in [5.41, 5.74) is 6.35. The van der Waals surface area contributed by atoms with Crippen molar-refractivity contribution in [2.24, 2.45) is 0 Å². The Morgan fingerprint density at radius 3 is 2.28 bits per heavy atom. The Kier molecular flexibility index (Phi) is 6.80. The second-order valence-electron chi connectivity index (χ2n) is 10.3. The molecule has 1 saturated heterocycles. The van der Waals surface area contributed by atoms with Crippen molar-refractivity contribution in [2.75, 3.05) is 31.1 Å². The Morgan fingerprint density at radius 2 is 1.49 bits per heavy atom. The number of amides is 1. The van der Waals surface area contributed by atoms with E-state index in [1.807, 2.05) is 41.3 Å². The first kappa shape index (κ1) is 24.8. The number of aromatic nitrogens is 2. The maximum absolute atomic E-state index is 13.6. The van der Waals surface area contributed by atoms with Gasteiger partial charge < -0.3 is 9.80 Å². The standard InChI is InChI=1S/C34H32N4O/c1-24-10-8-15-28(22-24)32-35-25(2)31(23-26-11-4-3-5-12-26)33(36-32)37-18-20-38(21-19-37)34(39)30-17-9-14-27-13-6-7-16-29(27)30/h3-17,22H,18-21,23H2,1-2H3. The predicted molar refractivity (Wildman–Crippen MR) is 158 cm³/mol. The van der Waals surface area contributed by atoms with Crippen molar-refractivity contribution >= 4 is 22.5 Å². The number of hydrogen-bond acceptors (Lipinski definition) is 4. The summed E-state index contributed by atoms with van der Waals surface area (Å²) in [5.74, 6) is 1.81. The molecule has 1 fully saturated rings. The van der Waals surface area contributed by atoms with Gasteiger partial charge in [-0.2, -0.15) is 0 Å². The number of aryl methyl sites for hydroxylation is 2. The van der Waals surface area contributed by atoms with Gasteiger partial charge in [-0.05, 0) is 42.3 Å². The van der Waals surface area contributed by atoms with Crippen LogP contribution in [0.4, 0.5) is 5.82 Å². The monoisotopic (exact) mass is 512 g/mol. The molecule has 5 nitrogen and oxygen atoms in total. The number of hydrogen-bond donors (Lipinski definition) is 0. The van der Waals surface area contributed by atoms with Crippen LogP contribution in [0, 0.1) is 13.8 Å². The summed E-state index contributed by atoms with van der Waals surface area (Å²) < 4.78 is 0. The molecule has 0 bridgehead atoms. The van der Waals surface area contributed by atoms with E-state index in [1.54, 1.807) is 0 Å². The summed E-state index contributed by atoms with van der Waals surface area (Å²) >= 11 is 0. The van der Waals surface area contributed by atoms with Crippen LogP contribution >= 0.6 is 0 Å². The minimum Gasteiger partial charge on any atom is -0.353 e. The number of piperazine rings is 1. The molecule has 0 saturated carbocycles. The zero-order valence-corrected chi connectivity index (χ0v) is 22.5. The fourth-order valence-corrected chi connectivity index (χ4v) is 5.47. The van der Waals surface area contributed by atoms with Crippen LogP contribution in [0.25, 0.3) is 22.2 Å². The first-order chi connectivity index (χ1) is 19.1. The molecule has 1 amide bonds. The third-order valence-electron chi connectivity index (χ3n) is 7.58. The number of benzene rings is 4. The van der Waals surface area contributed by atoms with E-state index >= 15 is 0 Å². The Hall–Kier alpha value is -4.51. The van der Waals surface area contributed by atoms with E-state index in [1.165, 1.54) is 11.1 Å². The van der Waals surface area contributed by atoms with Crippen LogP contribution in [0.3, 0.4) is 0 Å². The molecule has 0 radical (unpaired) electrons. The second kappa shape index (κ2) is 10.7. The lowest BCUT2D eigenvalue weighted by Gasteiger charge is -2.36. The molecule has 0 aliphatic carbocycles. The van der Waals surface area contributed by atoms with Crippen molar-refractivity contribution in [1.82, 2.24) is 14.9 Å². The number of carbonyl (C=O) groups excluding carboxylic acids is 1. The zero-order chi connectivity index (χ0) is 26.8. The number of rotatable bonds is 5. The van der Waals surface area contributed by atoms with Gasteiger partial charge in [0.1, 0.15) is 5.82 Å². The van der Waals surface area contributed by atoms with Crippen LogP contribution in [0.1, 0.15) is 32.7 Å². The van der Waals surface area contributed by atoms with Crippen molar-refractivity contribution < 1.29 is 4.79 Å². The summed E-state index contributed by atoms with van der Waals surface area (Å²) in [7, 11) is 0.